The second-order valence-corrected chi connectivity index (χ2v) is 4.11. The Morgan fingerprint density at radius 3 is 2.86 bits per heavy atom. The lowest BCUT2D eigenvalue weighted by atomic mass is 10.1. The van der Waals surface area contributed by atoms with Crippen molar-refractivity contribution in [1.29, 1.82) is 0 Å². The number of nitrogens with one attached hydrogen (secondary N) is 1. The van der Waals surface area contributed by atoms with E-state index < -0.39 is 12.6 Å². The summed E-state index contributed by atoms with van der Waals surface area (Å²) in [7, 11) is 0. The van der Waals surface area contributed by atoms with Crippen molar-refractivity contribution < 1.29 is 13.2 Å². The SMILES string of the molecule is FC(F)(F)Cc1ccc2c(c1)NCS2. The maximum absolute atomic E-state index is 12.1. The molecular formula is C9H8F3NS. The van der Waals surface area contributed by atoms with Crippen LogP contribution in [0.2, 0.25) is 0 Å². The van der Waals surface area contributed by atoms with Crippen LogP contribution in [0.4, 0.5) is 18.9 Å². The monoisotopic (exact) mass is 219 g/mol. The molecule has 0 amide bonds. The van der Waals surface area contributed by atoms with Crippen LogP contribution in [-0.4, -0.2) is 12.1 Å². The Morgan fingerprint density at radius 1 is 1.36 bits per heavy atom. The zero-order valence-electron chi connectivity index (χ0n) is 7.19. The average Bonchev–Trinajstić information content (AvgIpc) is 2.47. The Hall–Kier alpha value is -0.840. The van der Waals surface area contributed by atoms with Crippen molar-refractivity contribution in [2.75, 3.05) is 11.2 Å². The largest absolute Gasteiger partial charge is 0.393 e. The molecule has 14 heavy (non-hydrogen) atoms. The quantitative estimate of drug-likeness (QED) is 0.778. The first kappa shape index (κ1) is 9.71. The average molecular weight is 219 g/mol. The number of hydrogen-bond donors (Lipinski definition) is 1. The van der Waals surface area contributed by atoms with Gasteiger partial charge in [0.15, 0.2) is 0 Å². The predicted octanol–water partition coefficient (Wildman–Crippen LogP) is 3.27. The highest BCUT2D eigenvalue weighted by molar-refractivity contribution is 7.99. The second-order valence-electron chi connectivity index (χ2n) is 3.09. The van der Waals surface area contributed by atoms with E-state index in [1.807, 2.05) is 0 Å². The summed E-state index contributed by atoms with van der Waals surface area (Å²) in [6, 6.07) is 4.84. The highest BCUT2D eigenvalue weighted by atomic mass is 32.2. The molecule has 0 atom stereocenters. The highest BCUT2D eigenvalue weighted by Crippen LogP contribution is 2.35. The van der Waals surface area contributed by atoms with E-state index in [0.717, 1.165) is 16.5 Å². The first-order chi connectivity index (χ1) is 6.54. The minimum atomic E-state index is -4.13. The van der Waals surface area contributed by atoms with Crippen LogP contribution in [0.1, 0.15) is 5.56 Å². The molecule has 0 fully saturated rings. The fraction of sp³-hybridized carbons (Fsp3) is 0.333. The van der Waals surface area contributed by atoms with Gasteiger partial charge in [-0.25, -0.2) is 0 Å². The molecule has 0 aromatic heterocycles. The fourth-order valence-electron chi connectivity index (χ4n) is 1.37. The number of thioether (sulfide) groups is 1. The van der Waals surface area contributed by atoms with Crippen LogP contribution in [0, 0.1) is 0 Å². The van der Waals surface area contributed by atoms with Gasteiger partial charge in [-0.1, -0.05) is 6.07 Å². The number of fused-ring (bicyclic) bond motifs is 1. The second kappa shape index (κ2) is 3.38. The van der Waals surface area contributed by atoms with Crippen molar-refractivity contribution in [2.45, 2.75) is 17.5 Å². The maximum atomic E-state index is 12.1. The highest BCUT2D eigenvalue weighted by Gasteiger charge is 2.28. The Balaban J connectivity index is 2.21. The molecule has 1 aromatic carbocycles. The van der Waals surface area contributed by atoms with Gasteiger partial charge in [0.2, 0.25) is 0 Å². The summed E-state index contributed by atoms with van der Waals surface area (Å²) in [5.74, 6) is 0.741. The molecule has 0 spiro atoms. The van der Waals surface area contributed by atoms with Gasteiger partial charge in [0.25, 0.3) is 0 Å². The molecule has 0 radical (unpaired) electrons. The van der Waals surface area contributed by atoms with Gasteiger partial charge in [0.1, 0.15) is 0 Å². The van der Waals surface area contributed by atoms with E-state index in [1.165, 1.54) is 6.07 Å². The van der Waals surface area contributed by atoms with E-state index in [-0.39, 0.29) is 0 Å². The summed E-state index contributed by atoms with van der Waals surface area (Å²) in [5, 5.41) is 3.02. The van der Waals surface area contributed by atoms with Crippen LogP contribution in [0.15, 0.2) is 23.1 Å². The summed E-state index contributed by atoms with van der Waals surface area (Å²) < 4.78 is 36.2. The molecule has 1 nitrogen and oxygen atoms in total. The molecule has 0 saturated heterocycles. The van der Waals surface area contributed by atoms with Crippen molar-refractivity contribution in [3.63, 3.8) is 0 Å². The van der Waals surface area contributed by atoms with E-state index in [0.29, 0.717) is 5.56 Å². The third kappa shape index (κ3) is 2.15. The molecule has 0 bridgehead atoms. The van der Waals surface area contributed by atoms with Gasteiger partial charge in [-0.2, -0.15) is 13.2 Å². The molecule has 0 aliphatic carbocycles. The lowest BCUT2D eigenvalue weighted by Gasteiger charge is -2.07. The van der Waals surface area contributed by atoms with Crippen LogP contribution in [0.25, 0.3) is 0 Å². The van der Waals surface area contributed by atoms with Crippen LogP contribution in [0.5, 0.6) is 0 Å². The standard InChI is InChI=1S/C9H8F3NS/c10-9(11,12)4-6-1-2-8-7(3-6)13-5-14-8/h1-3,13H,4-5H2. The third-order valence-electron chi connectivity index (χ3n) is 1.94. The van der Waals surface area contributed by atoms with Gasteiger partial charge in [0.05, 0.1) is 12.3 Å². The molecule has 2 rings (SSSR count). The number of anilines is 1. The number of rotatable bonds is 1. The topological polar surface area (TPSA) is 12.0 Å². The molecule has 1 aromatic rings. The number of halogens is 3. The number of hydrogen-bond acceptors (Lipinski definition) is 2. The molecule has 1 aliphatic rings. The number of alkyl halides is 3. The normalized spacial score (nSPS) is 15.1. The summed E-state index contributed by atoms with van der Waals surface area (Å²) in [6.07, 6.45) is -4.98. The zero-order chi connectivity index (χ0) is 10.2. The molecule has 0 unspecified atom stereocenters. The first-order valence-corrected chi connectivity index (χ1v) is 5.09. The number of benzene rings is 1. The van der Waals surface area contributed by atoms with Crippen molar-refractivity contribution in [3.05, 3.63) is 23.8 Å². The fourth-order valence-corrected chi connectivity index (χ4v) is 2.21. The van der Waals surface area contributed by atoms with Crippen LogP contribution >= 0.6 is 11.8 Å². The molecule has 0 saturated carbocycles. The summed E-state index contributed by atoms with van der Waals surface area (Å²) >= 11 is 1.60. The van der Waals surface area contributed by atoms with E-state index in [1.54, 1.807) is 23.9 Å². The predicted molar refractivity (Wildman–Crippen MR) is 50.5 cm³/mol. The maximum Gasteiger partial charge on any atom is 0.393 e. The minimum absolute atomic E-state index is 0.311. The Labute approximate surface area is 83.7 Å². The zero-order valence-corrected chi connectivity index (χ0v) is 8.00. The molecule has 76 valence electrons. The van der Waals surface area contributed by atoms with Gasteiger partial charge in [-0.05, 0) is 17.7 Å². The lowest BCUT2D eigenvalue weighted by molar-refractivity contribution is -0.127. The van der Waals surface area contributed by atoms with Crippen molar-refractivity contribution in [2.24, 2.45) is 0 Å². The van der Waals surface area contributed by atoms with Gasteiger partial charge >= 0.3 is 6.18 Å². The van der Waals surface area contributed by atoms with Crippen LogP contribution in [-0.2, 0) is 6.42 Å². The van der Waals surface area contributed by atoms with Crippen molar-refractivity contribution >= 4 is 17.4 Å². The Morgan fingerprint density at radius 2 is 2.14 bits per heavy atom. The smallest absolute Gasteiger partial charge is 0.375 e. The van der Waals surface area contributed by atoms with E-state index in [2.05, 4.69) is 5.32 Å². The summed E-state index contributed by atoms with van der Waals surface area (Å²) in [5.41, 5.74) is 1.13. The summed E-state index contributed by atoms with van der Waals surface area (Å²) in [4.78, 5) is 1.02. The molecule has 1 aliphatic heterocycles. The molecular weight excluding hydrogens is 211 g/mol. The van der Waals surface area contributed by atoms with Crippen LogP contribution < -0.4 is 5.32 Å². The van der Waals surface area contributed by atoms with Gasteiger partial charge in [-0.3, -0.25) is 0 Å². The van der Waals surface area contributed by atoms with E-state index >= 15 is 0 Å². The van der Waals surface area contributed by atoms with Crippen LogP contribution in [0.3, 0.4) is 0 Å². The van der Waals surface area contributed by atoms with E-state index in [4.69, 9.17) is 0 Å². The van der Waals surface area contributed by atoms with Crippen molar-refractivity contribution in [1.82, 2.24) is 0 Å². The van der Waals surface area contributed by atoms with E-state index in [9.17, 15) is 13.2 Å². The third-order valence-corrected chi connectivity index (χ3v) is 2.89. The summed E-state index contributed by atoms with van der Waals surface area (Å²) in [6.45, 7) is 0. The Kier molecular flexibility index (Phi) is 2.34. The minimum Gasteiger partial charge on any atom is -0.375 e. The molecule has 1 heterocycles. The van der Waals surface area contributed by atoms with Gasteiger partial charge < -0.3 is 5.32 Å². The van der Waals surface area contributed by atoms with Crippen molar-refractivity contribution in [3.8, 4) is 0 Å². The molecule has 5 heteroatoms. The van der Waals surface area contributed by atoms with Gasteiger partial charge in [-0.15, -0.1) is 11.8 Å². The first-order valence-electron chi connectivity index (χ1n) is 4.11. The lowest BCUT2D eigenvalue weighted by Crippen LogP contribution is -2.11. The Bertz CT molecular complexity index is 348. The molecule has 1 N–H and O–H groups in total. The van der Waals surface area contributed by atoms with Gasteiger partial charge in [0, 0.05) is 10.6 Å².